The molecule has 1 aliphatic heterocycles. The normalized spacial score (nSPS) is 12.5. The van der Waals surface area contributed by atoms with Gasteiger partial charge >= 0.3 is 0 Å². The maximum Gasteiger partial charge on any atom is 0.231 e. The van der Waals surface area contributed by atoms with Gasteiger partial charge in [-0.2, -0.15) is 0 Å². The summed E-state index contributed by atoms with van der Waals surface area (Å²) in [5.74, 6) is 1.58. The molecule has 0 bridgehead atoms. The second-order valence-electron chi connectivity index (χ2n) is 4.34. The minimum atomic E-state index is 0.292. The molecular weight excluding hydrogens is 308 g/mol. The Morgan fingerprint density at radius 1 is 1.26 bits per heavy atom. The Kier molecular flexibility index (Phi) is 3.29. The number of pyridine rings is 1. The van der Waals surface area contributed by atoms with Gasteiger partial charge in [0, 0.05) is 16.7 Å². The second kappa shape index (κ2) is 5.09. The fourth-order valence-electron chi connectivity index (χ4n) is 1.86. The zero-order valence-electron chi connectivity index (χ0n) is 10.4. The molecule has 4 nitrogen and oxygen atoms in total. The summed E-state index contributed by atoms with van der Waals surface area (Å²) in [6, 6.07) is 7.92. The minimum absolute atomic E-state index is 0.292. The Bertz CT molecular complexity index is 599. The van der Waals surface area contributed by atoms with Crippen molar-refractivity contribution in [3.63, 3.8) is 0 Å². The van der Waals surface area contributed by atoms with E-state index < -0.39 is 0 Å². The summed E-state index contributed by atoms with van der Waals surface area (Å²) >= 11 is 3.54. The fourth-order valence-corrected chi connectivity index (χ4v) is 2.33. The number of halogens is 1. The van der Waals surface area contributed by atoms with Crippen LogP contribution in [-0.4, -0.2) is 11.8 Å². The first-order valence-electron chi connectivity index (χ1n) is 5.97. The fraction of sp³-hybridized carbons (Fsp3) is 0.214. The topological polar surface area (TPSA) is 43.4 Å². The number of hydrogen-bond acceptors (Lipinski definition) is 4. The van der Waals surface area contributed by atoms with Gasteiger partial charge in [0.15, 0.2) is 11.5 Å². The lowest BCUT2D eigenvalue weighted by atomic mass is 10.2. The number of ether oxygens (including phenoxy) is 2. The molecule has 0 amide bonds. The number of aromatic nitrogens is 1. The Labute approximate surface area is 119 Å². The molecule has 98 valence electrons. The van der Waals surface area contributed by atoms with E-state index in [2.05, 4.69) is 26.2 Å². The summed E-state index contributed by atoms with van der Waals surface area (Å²) in [6.45, 7) is 2.96. The highest BCUT2D eigenvalue weighted by Gasteiger charge is 2.16. The molecule has 0 atom stereocenters. The van der Waals surface area contributed by atoms with Crippen LogP contribution in [0, 0.1) is 6.92 Å². The van der Waals surface area contributed by atoms with Crippen molar-refractivity contribution in [2.24, 2.45) is 0 Å². The van der Waals surface area contributed by atoms with Gasteiger partial charge < -0.3 is 14.8 Å². The third kappa shape index (κ3) is 2.66. The standard InChI is InChI=1S/C14H13BrN2O2/c1-9-2-3-11(7-16-9)17-6-10-4-13-14(5-12(10)15)19-8-18-13/h2-5,7,17H,6,8H2,1H3. The third-order valence-electron chi connectivity index (χ3n) is 2.94. The molecular formula is C14H13BrN2O2. The summed E-state index contributed by atoms with van der Waals surface area (Å²) < 4.78 is 11.7. The van der Waals surface area contributed by atoms with Crippen molar-refractivity contribution in [3.05, 3.63) is 46.2 Å². The lowest BCUT2D eigenvalue weighted by Crippen LogP contribution is -2.01. The number of nitrogens with zero attached hydrogens (tertiary/aromatic N) is 1. The molecule has 0 saturated carbocycles. The van der Waals surface area contributed by atoms with Gasteiger partial charge in [0.1, 0.15) is 0 Å². The number of rotatable bonds is 3. The predicted molar refractivity (Wildman–Crippen MR) is 76.6 cm³/mol. The van der Waals surface area contributed by atoms with E-state index >= 15 is 0 Å². The third-order valence-corrected chi connectivity index (χ3v) is 3.67. The van der Waals surface area contributed by atoms with Gasteiger partial charge in [0.05, 0.1) is 11.9 Å². The molecule has 1 N–H and O–H groups in total. The summed E-state index contributed by atoms with van der Waals surface area (Å²) in [5, 5.41) is 3.33. The highest BCUT2D eigenvalue weighted by molar-refractivity contribution is 9.10. The molecule has 1 aromatic heterocycles. The van der Waals surface area contributed by atoms with Crippen LogP contribution in [0.25, 0.3) is 0 Å². The van der Waals surface area contributed by atoms with E-state index in [-0.39, 0.29) is 0 Å². The van der Waals surface area contributed by atoms with Gasteiger partial charge in [-0.15, -0.1) is 0 Å². The Hall–Kier alpha value is -1.75. The summed E-state index contributed by atoms with van der Waals surface area (Å²) in [7, 11) is 0. The van der Waals surface area contributed by atoms with Crippen LogP contribution in [0.3, 0.4) is 0 Å². The molecule has 5 heteroatoms. The van der Waals surface area contributed by atoms with Crippen LogP contribution >= 0.6 is 15.9 Å². The van der Waals surface area contributed by atoms with Crippen molar-refractivity contribution in [3.8, 4) is 11.5 Å². The Balaban J connectivity index is 1.75. The van der Waals surface area contributed by atoms with Crippen LogP contribution < -0.4 is 14.8 Å². The highest BCUT2D eigenvalue weighted by atomic mass is 79.9. The first kappa shape index (κ1) is 12.3. The maximum absolute atomic E-state index is 5.38. The van der Waals surface area contributed by atoms with Gasteiger partial charge in [0.25, 0.3) is 0 Å². The predicted octanol–water partition coefficient (Wildman–Crippen LogP) is 3.49. The summed E-state index contributed by atoms with van der Waals surface area (Å²) in [6.07, 6.45) is 1.83. The van der Waals surface area contributed by atoms with Crippen molar-refractivity contribution in [2.75, 3.05) is 12.1 Å². The van der Waals surface area contributed by atoms with Crippen LogP contribution in [0.15, 0.2) is 34.9 Å². The van der Waals surface area contributed by atoms with Crippen molar-refractivity contribution >= 4 is 21.6 Å². The van der Waals surface area contributed by atoms with Gasteiger partial charge in [-0.25, -0.2) is 0 Å². The molecule has 0 unspecified atom stereocenters. The second-order valence-corrected chi connectivity index (χ2v) is 5.19. The SMILES string of the molecule is Cc1ccc(NCc2cc3c(cc2Br)OCO3)cn1. The monoisotopic (exact) mass is 320 g/mol. The summed E-state index contributed by atoms with van der Waals surface area (Å²) in [5.41, 5.74) is 3.12. The van der Waals surface area contributed by atoms with Crippen LogP contribution in [0.4, 0.5) is 5.69 Å². The molecule has 0 radical (unpaired) electrons. The Morgan fingerprint density at radius 3 is 2.79 bits per heavy atom. The average molecular weight is 321 g/mol. The number of benzene rings is 1. The molecule has 0 fully saturated rings. The Morgan fingerprint density at radius 2 is 2.05 bits per heavy atom. The molecule has 19 heavy (non-hydrogen) atoms. The molecule has 0 saturated heterocycles. The average Bonchev–Trinajstić information content (AvgIpc) is 2.85. The van der Waals surface area contributed by atoms with Gasteiger partial charge in [-0.3, -0.25) is 4.98 Å². The molecule has 1 aliphatic rings. The number of nitrogens with one attached hydrogen (secondary N) is 1. The zero-order valence-corrected chi connectivity index (χ0v) is 12.0. The molecule has 1 aromatic carbocycles. The van der Waals surface area contributed by atoms with Gasteiger partial charge in [-0.05, 0) is 36.8 Å². The van der Waals surface area contributed by atoms with E-state index in [1.54, 1.807) is 0 Å². The highest BCUT2D eigenvalue weighted by Crippen LogP contribution is 2.37. The number of fused-ring (bicyclic) bond motifs is 1. The first-order chi connectivity index (χ1) is 9.22. The van der Waals surface area contributed by atoms with Crippen molar-refractivity contribution in [2.45, 2.75) is 13.5 Å². The van der Waals surface area contributed by atoms with E-state index in [0.29, 0.717) is 13.3 Å². The van der Waals surface area contributed by atoms with E-state index in [9.17, 15) is 0 Å². The van der Waals surface area contributed by atoms with Crippen LogP contribution in [0.2, 0.25) is 0 Å². The molecule has 0 aliphatic carbocycles. The number of anilines is 1. The molecule has 3 rings (SSSR count). The number of aryl methyl sites for hydroxylation is 1. The van der Waals surface area contributed by atoms with Crippen molar-refractivity contribution in [1.29, 1.82) is 0 Å². The zero-order chi connectivity index (χ0) is 13.2. The van der Waals surface area contributed by atoms with Crippen LogP contribution in [0.5, 0.6) is 11.5 Å². The van der Waals surface area contributed by atoms with Crippen LogP contribution in [-0.2, 0) is 6.54 Å². The van der Waals surface area contributed by atoms with E-state index in [4.69, 9.17) is 9.47 Å². The maximum atomic E-state index is 5.38. The van der Waals surface area contributed by atoms with E-state index in [1.165, 1.54) is 0 Å². The smallest absolute Gasteiger partial charge is 0.231 e. The van der Waals surface area contributed by atoms with Gasteiger partial charge in [0.2, 0.25) is 6.79 Å². The van der Waals surface area contributed by atoms with Crippen molar-refractivity contribution < 1.29 is 9.47 Å². The molecule has 2 heterocycles. The van der Waals surface area contributed by atoms with E-state index in [0.717, 1.165) is 32.9 Å². The first-order valence-corrected chi connectivity index (χ1v) is 6.76. The minimum Gasteiger partial charge on any atom is -0.454 e. The molecule has 2 aromatic rings. The molecule has 0 spiro atoms. The van der Waals surface area contributed by atoms with Crippen LogP contribution in [0.1, 0.15) is 11.3 Å². The van der Waals surface area contributed by atoms with E-state index in [1.807, 2.05) is 37.4 Å². The lowest BCUT2D eigenvalue weighted by molar-refractivity contribution is 0.174. The lowest BCUT2D eigenvalue weighted by Gasteiger charge is -2.09. The van der Waals surface area contributed by atoms with Gasteiger partial charge in [-0.1, -0.05) is 15.9 Å². The quantitative estimate of drug-likeness (QED) is 0.940. The number of hydrogen-bond donors (Lipinski definition) is 1. The van der Waals surface area contributed by atoms with Crippen molar-refractivity contribution in [1.82, 2.24) is 4.98 Å². The largest absolute Gasteiger partial charge is 0.454 e. The summed E-state index contributed by atoms with van der Waals surface area (Å²) in [4.78, 5) is 4.25.